The van der Waals surface area contributed by atoms with Gasteiger partial charge in [0.15, 0.2) is 5.69 Å². The number of hydrogen-bond donors (Lipinski definition) is 1. The molecule has 0 aliphatic carbocycles. The lowest BCUT2D eigenvalue weighted by atomic mass is 10.1. The predicted molar refractivity (Wildman–Crippen MR) is 41.2 cm³/mol. The molecule has 1 N–H and O–H groups in total. The summed E-state index contributed by atoms with van der Waals surface area (Å²) in [6.07, 6.45) is -8.15. The van der Waals surface area contributed by atoms with Crippen molar-refractivity contribution in [3.63, 3.8) is 0 Å². The van der Waals surface area contributed by atoms with Crippen LogP contribution in [0.1, 0.15) is 28.0 Å². The summed E-state index contributed by atoms with van der Waals surface area (Å²) in [7, 11) is 0. The number of halogens is 5. The number of aromatic nitrogens is 1. The van der Waals surface area contributed by atoms with Crippen LogP contribution < -0.4 is 0 Å². The number of pyridine rings is 1. The molecular weight excluding hydrogens is 237 g/mol. The average molecular weight is 241 g/mol. The van der Waals surface area contributed by atoms with Gasteiger partial charge in [0, 0.05) is 6.20 Å². The van der Waals surface area contributed by atoms with Crippen LogP contribution in [0.5, 0.6) is 0 Å². The van der Waals surface area contributed by atoms with Crippen molar-refractivity contribution >= 4 is 5.97 Å². The van der Waals surface area contributed by atoms with Gasteiger partial charge < -0.3 is 5.11 Å². The van der Waals surface area contributed by atoms with Crippen molar-refractivity contribution < 1.29 is 31.9 Å². The van der Waals surface area contributed by atoms with Gasteiger partial charge >= 0.3 is 12.1 Å². The topological polar surface area (TPSA) is 50.2 Å². The standard InChI is InChI=1S/C8H4F5NO2/c9-6(10)4-3(7(15)16)1-2-14-5(4)8(11,12)13/h1-2,6H,(H,15,16). The van der Waals surface area contributed by atoms with Crippen molar-refractivity contribution in [3.8, 4) is 0 Å². The van der Waals surface area contributed by atoms with E-state index < -0.39 is 35.4 Å². The van der Waals surface area contributed by atoms with Crippen LogP contribution in [0.4, 0.5) is 22.0 Å². The van der Waals surface area contributed by atoms with Crippen molar-refractivity contribution in [3.05, 3.63) is 29.1 Å². The zero-order valence-corrected chi connectivity index (χ0v) is 7.42. The Morgan fingerprint density at radius 3 is 2.31 bits per heavy atom. The third-order valence-electron chi connectivity index (χ3n) is 1.71. The monoisotopic (exact) mass is 241 g/mol. The minimum Gasteiger partial charge on any atom is -0.478 e. The van der Waals surface area contributed by atoms with Crippen LogP contribution in [-0.2, 0) is 6.18 Å². The maximum atomic E-state index is 12.4. The quantitative estimate of drug-likeness (QED) is 0.810. The lowest BCUT2D eigenvalue weighted by Gasteiger charge is -2.12. The molecule has 1 aromatic heterocycles. The van der Waals surface area contributed by atoms with Crippen LogP contribution in [0, 0.1) is 0 Å². The highest BCUT2D eigenvalue weighted by Gasteiger charge is 2.39. The minimum atomic E-state index is -5.11. The molecule has 1 aromatic rings. The van der Waals surface area contributed by atoms with Crippen LogP contribution in [0.2, 0.25) is 0 Å². The van der Waals surface area contributed by atoms with Gasteiger partial charge in [0.25, 0.3) is 6.43 Å². The molecule has 3 nitrogen and oxygen atoms in total. The summed E-state index contributed by atoms with van der Waals surface area (Å²) < 4.78 is 61.5. The first kappa shape index (κ1) is 12.3. The summed E-state index contributed by atoms with van der Waals surface area (Å²) >= 11 is 0. The van der Waals surface area contributed by atoms with Crippen LogP contribution >= 0.6 is 0 Å². The molecule has 16 heavy (non-hydrogen) atoms. The Hall–Kier alpha value is -1.73. The smallest absolute Gasteiger partial charge is 0.433 e. The third-order valence-corrected chi connectivity index (χ3v) is 1.71. The van der Waals surface area contributed by atoms with Crippen LogP contribution in [0.3, 0.4) is 0 Å². The molecule has 0 fully saturated rings. The third kappa shape index (κ3) is 2.26. The summed E-state index contributed by atoms with van der Waals surface area (Å²) in [6.45, 7) is 0. The van der Waals surface area contributed by atoms with Crippen LogP contribution in [0.15, 0.2) is 12.3 Å². The summed E-state index contributed by atoms with van der Waals surface area (Å²) in [5.41, 5.74) is -4.58. The Labute approximate surface area is 85.5 Å². The molecule has 0 unspecified atom stereocenters. The van der Waals surface area contributed by atoms with Gasteiger partial charge in [0.2, 0.25) is 0 Å². The second-order valence-corrected chi connectivity index (χ2v) is 2.72. The molecule has 1 heterocycles. The summed E-state index contributed by atoms with van der Waals surface area (Å²) in [5, 5.41) is 8.48. The highest BCUT2D eigenvalue weighted by Crippen LogP contribution is 2.36. The molecular formula is C8H4F5NO2. The van der Waals surface area contributed by atoms with Crippen molar-refractivity contribution in [2.24, 2.45) is 0 Å². The first-order valence-electron chi connectivity index (χ1n) is 3.82. The van der Waals surface area contributed by atoms with Crippen molar-refractivity contribution in [1.82, 2.24) is 4.98 Å². The highest BCUT2D eigenvalue weighted by atomic mass is 19.4. The van der Waals surface area contributed by atoms with Gasteiger partial charge in [-0.05, 0) is 6.07 Å². The highest BCUT2D eigenvalue weighted by molar-refractivity contribution is 5.89. The van der Waals surface area contributed by atoms with Gasteiger partial charge in [0.05, 0.1) is 11.1 Å². The molecule has 0 spiro atoms. The number of carbonyl (C=O) groups is 1. The van der Waals surface area contributed by atoms with Gasteiger partial charge in [-0.25, -0.2) is 13.6 Å². The first-order chi connectivity index (χ1) is 7.25. The Morgan fingerprint density at radius 2 is 1.94 bits per heavy atom. The van der Waals surface area contributed by atoms with Crippen molar-refractivity contribution in [2.75, 3.05) is 0 Å². The van der Waals surface area contributed by atoms with Gasteiger partial charge in [-0.1, -0.05) is 0 Å². The zero-order valence-electron chi connectivity index (χ0n) is 7.42. The van der Waals surface area contributed by atoms with Gasteiger partial charge in [0.1, 0.15) is 0 Å². The minimum absolute atomic E-state index is 0.526. The maximum absolute atomic E-state index is 12.4. The number of nitrogens with zero attached hydrogens (tertiary/aromatic N) is 1. The summed E-state index contributed by atoms with van der Waals surface area (Å²) in [5.74, 6) is -1.86. The number of aromatic carboxylic acids is 1. The van der Waals surface area contributed by atoms with E-state index in [-0.39, 0.29) is 0 Å². The van der Waals surface area contributed by atoms with Crippen molar-refractivity contribution in [1.29, 1.82) is 0 Å². The Balaban J connectivity index is 3.51. The molecule has 0 aliphatic heterocycles. The SMILES string of the molecule is O=C(O)c1ccnc(C(F)(F)F)c1C(F)F. The fraction of sp³-hybridized carbons (Fsp3) is 0.250. The predicted octanol–water partition coefficient (Wildman–Crippen LogP) is 2.74. The Morgan fingerprint density at radius 1 is 1.38 bits per heavy atom. The van der Waals surface area contributed by atoms with E-state index in [0.717, 1.165) is 0 Å². The number of alkyl halides is 5. The molecule has 0 aliphatic rings. The van der Waals surface area contributed by atoms with Crippen LogP contribution in [0.25, 0.3) is 0 Å². The molecule has 0 aromatic carbocycles. The van der Waals surface area contributed by atoms with Crippen molar-refractivity contribution in [2.45, 2.75) is 12.6 Å². The van der Waals surface area contributed by atoms with Gasteiger partial charge in [-0.3, -0.25) is 4.98 Å². The molecule has 8 heteroatoms. The van der Waals surface area contributed by atoms with Gasteiger partial charge in [-0.15, -0.1) is 0 Å². The molecule has 0 saturated carbocycles. The molecule has 0 atom stereocenters. The zero-order chi connectivity index (χ0) is 12.5. The molecule has 0 bridgehead atoms. The molecule has 0 saturated heterocycles. The van der Waals surface area contributed by atoms with E-state index in [2.05, 4.69) is 4.98 Å². The normalized spacial score (nSPS) is 11.9. The van der Waals surface area contributed by atoms with Crippen LogP contribution in [-0.4, -0.2) is 16.1 Å². The van der Waals surface area contributed by atoms with E-state index in [1.165, 1.54) is 0 Å². The summed E-state index contributed by atoms with van der Waals surface area (Å²) in [4.78, 5) is 13.2. The second kappa shape index (κ2) is 4.03. The largest absolute Gasteiger partial charge is 0.478 e. The number of hydrogen-bond acceptors (Lipinski definition) is 2. The molecule has 0 radical (unpaired) electrons. The van der Waals surface area contributed by atoms with E-state index in [4.69, 9.17) is 5.11 Å². The fourth-order valence-corrected chi connectivity index (χ4v) is 1.11. The van der Waals surface area contributed by atoms with E-state index in [1.807, 2.05) is 0 Å². The second-order valence-electron chi connectivity index (χ2n) is 2.72. The Bertz CT molecular complexity index is 415. The summed E-state index contributed by atoms with van der Waals surface area (Å²) in [6, 6.07) is 0.596. The number of rotatable bonds is 2. The number of carboxylic acids is 1. The van der Waals surface area contributed by atoms with E-state index >= 15 is 0 Å². The van der Waals surface area contributed by atoms with E-state index in [1.54, 1.807) is 0 Å². The average Bonchev–Trinajstić information content (AvgIpc) is 2.14. The fourth-order valence-electron chi connectivity index (χ4n) is 1.11. The first-order valence-corrected chi connectivity index (χ1v) is 3.82. The van der Waals surface area contributed by atoms with E-state index in [9.17, 15) is 26.7 Å². The molecule has 1 rings (SSSR count). The van der Waals surface area contributed by atoms with Gasteiger partial charge in [-0.2, -0.15) is 13.2 Å². The molecule has 88 valence electrons. The lowest BCUT2D eigenvalue weighted by molar-refractivity contribution is -0.143. The number of carboxylic acid groups (broad SMARTS) is 1. The maximum Gasteiger partial charge on any atom is 0.433 e. The Kier molecular flexibility index (Phi) is 3.11. The lowest BCUT2D eigenvalue weighted by Crippen LogP contribution is -2.16. The molecule has 0 amide bonds. The van der Waals surface area contributed by atoms with E-state index in [0.29, 0.717) is 12.3 Å².